The summed E-state index contributed by atoms with van der Waals surface area (Å²) >= 11 is 6.37. The summed E-state index contributed by atoms with van der Waals surface area (Å²) in [7, 11) is 2.20. The van der Waals surface area contributed by atoms with Crippen LogP contribution in [0.4, 0.5) is 0 Å². The molecule has 0 spiro atoms. The van der Waals surface area contributed by atoms with E-state index in [2.05, 4.69) is 18.9 Å². The third kappa shape index (κ3) is 1.01. The van der Waals surface area contributed by atoms with Gasteiger partial charge in [0, 0.05) is 12.6 Å². The largest absolute Gasteiger partial charge is 0.301 e. The molecule has 64 valence electrons. The second-order valence-electron chi connectivity index (χ2n) is 4.43. The summed E-state index contributed by atoms with van der Waals surface area (Å²) in [6.45, 7) is 3.53. The highest BCUT2D eigenvalue weighted by molar-refractivity contribution is 6.21. The van der Waals surface area contributed by atoms with Crippen LogP contribution < -0.4 is 0 Å². The molecular weight excluding hydrogens is 158 g/mol. The lowest BCUT2D eigenvalue weighted by Crippen LogP contribution is -2.35. The molecule has 2 fully saturated rings. The first-order chi connectivity index (χ1) is 5.13. The van der Waals surface area contributed by atoms with E-state index in [4.69, 9.17) is 11.6 Å². The fourth-order valence-corrected chi connectivity index (χ4v) is 3.26. The van der Waals surface area contributed by atoms with Gasteiger partial charge in [0.25, 0.3) is 0 Å². The number of likely N-dealkylation sites (tertiary alicyclic amines) is 1. The SMILES string of the molecule is CN1CC2(C)CCC[C@@H]1[C@H]2Cl. The Bertz CT molecular complexity index is 171. The molecule has 0 radical (unpaired) electrons. The lowest BCUT2D eigenvalue weighted by atomic mass is 9.77. The predicted octanol–water partition coefficient (Wildman–Crippen LogP) is 2.10. The molecule has 1 saturated heterocycles. The van der Waals surface area contributed by atoms with Gasteiger partial charge in [-0.3, -0.25) is 0 Å². The fraction of sp³-hybridized carbons (Fsp3) is 1.00. The summed E-state index contributed by atoms with van der Waals surface area (Å²) in [6, 6.07) is 0.662. The number of halogens is 1. The molecule has 1 aliphatic heterocycles. The maximum Gasteiger partial charge on any atom is 0.0557 e. The van der Waals surface area contributed by atoms with Crippen molar-refractivity contribution in [2.45, 2.75) is 37.6 Å². The summed E-state index contributed by atoms with van der Waals surface area (Å²) in [5.41, 5.74) is 0.416. The predicted molar refractivity (Wildman–Crippen MR) is 48.0 cm³/mol. The zero-order valence-corrected chi connectivity index (χ0v) is 8.06. The van der Waals surface area contributed by atoms with Crippen LogP contribution in [0.3, 0.4) is 0 Å². The molecule has 2 rings (SSSR count). The zero-order valence-electron chi connectivity index (χ0n) is 7.31. The van der Waals surface area contributed by atoms with E-state index in [1.165, 1.54) is 25.8 Å². The molecule has 0 amide bonds. The minimum absolute atomic E-state index is 0.404. The monoisotopic (exact) mass is 173 g/mol. The summed E-state index contributed by atoms with van der Waals surface area (Å²) < 4.78 is 0. The van der Waals surface area contributed by atoms with E-state index in [-0.39, 0.29) is 0 Å². The minimum atomic E-state index is 0.404. The summed E-state index contributed by atoms with van der Waals surface area (Å²) in [4.78, 5) is 2.44. The Morgan fingerprint density at radius 1 is 1.55 bits per heavy atom. The molecule has 0 aromatic heterocycles. The number of fused-ring (bicyclic) bond motifs is 2. The molecule has 2 aliphatic rings. The Kier molecular flexibility index (Phi) is 1.69. The molecular formula is C9H16ClN. The highest BCUT2D eigenvalue weighted by Gasteiger charge is 2.49. The maximum atomic E-state index is 6.37. The lowest BCUT2D eigenvalue weighted by Gasteiger charge is -2.33. The van der Waals surface area contributed by atoms with Crippen LogP contribution in [0.25, 0.3) is 0 Å². The normalized spacial score (nSPS) is 51.5. The van der Waals surface area contributed by atoms with E-state index in [9.17, 15) is 0 Å². The molecule has 0 aromatic rings. The molecule has 11 heavy (non-hydrogen) atoms. The number of nitrogens with zero attached hydrogens (tertiary/aromatic N) is 1. The summed E-state index contributed by atoms with van der Waals surface area (Å²) in [5, 5.41) is 0.404. The molecule has 1 unspecified atom stereocenters. The van der Waals surface area contributed by atoms with Gasteiger partial charge in [0.05, 0.1) is 5.38 Å². The van der Waals surface area contributed by atoms with E-state index in [1.54, 1.807) is 0 Å². The Morgan fingerprint density at radius 2 is 2.27 bits per heavy atom. The van der Waals surface area contributed by atoms with Gasteiger partial charge in [0.2, 0.25) is 0 Å². The lowest BCUT2D eigenvalue weighted by molar-refractivity contribution is 0.281. The molecule has 0 N–H and O–H groups in total. The quantitative estimate of drug-likeness (QED) is 0.508. The Balaban J connectivity index is 2.25. The van der Waals surface area contributed by atoms with Crippen molar-refractivity contribution in [3.8, 4) is 0 Å². The second-order valence-corrected chi connectivity index (χ2v) is 4.90. The molecule has 1 saturated carbocycles. The van der Waals surface area contributed by atoms with Gasteiger partial charge in [0.15, 0.2) is 0 Å². The van der Waals surface area contributed by atoms with Crippen LogP contribution in [0.1, 0.15) is 26.2 Å². The Morgan fingerprint density at radius 3 is 2.82 bits per heavy atom. The highest BCUT2D eigenvalue weighted by atomic mass is 35.5. The maximum absolute atomic E-state index is 6.37. The molecule has 1 nitrogen and oxygen atoms in total. The van der Waals surface area contributed by atoms with Crippen molar-refractivity contribution in [2.75, 3.05) is 13.6 Å². The number of alkyl halides is 1. The van der Waals surface area contributed by atoms with Gasteiger partial charge in [0.1, 0.15) is 0 Å². The third-order valence-corrected chi connectivity index (χ3v) is 4.25. The van der Waals surface area contributed by atoms with Gasteiger partial charge in [-0.05, 0) is 25.3 Å². The van der Waals surface area contributed by atoms with Crippen molar-refractivity contribution in [1.82, 2.24) is 4.90 Å². The Labute approximate surface area is 73.7 Å². The van der Waals surface area contributed by atoms with E-state index in [1.807, 2.05) is 0 Å². The fourth-order valence-electron chi connectivity index (χ4n) is 2.76. The van der Waals surface area contributed by atoms with Gasteiger partial charge >= 0.3 is 0 Å². The molecule has 2 bridgehead atoms. The van der Waals surface area contributed by atoms with E-state index in [0.29, 0.717) is 16.8 Å². The standard InChI is InChI=1S/C9H16ClN/c1-9-5-3-4-7(8(9)10)11(2)6-9/h7-8H,3-6H2,1-2H3/t7-,8-,9?/m1/s1. The van der Waals surface area contributed by atoms with Crippen molar-refractivity contribution in [1.29, 1.82) is 0 Å². The first kappa shape index (κ1) is 7.88. The smallest absolute Gasteiger partial charge is 0.0557 e. The highest BCUT2D eigenvalue weighted by Crippen LogP contribution is 2.47. The number of hydrogen-bond donors (Lipinski definition) is 0. The average Bonchev–Trinajstić information content (AvgIpc) is 2.13. The van der Waals surface area contributed by atoms with Crippen molar-refractivity contribution in [3.05, 3.63) is 0 Å². The number of hydrogen-bond acceptors (Lipinski definition) is 1. The summed E-state index contributed by atoms with van der Waals surface area (Å²) in [6.07, 6.45) is 4.00. The summed E-state index contributed by atoms with van der Waals surface area (Å²) in [5.74, 6) is 0. The van der Waals surface area contributed by atoms with Crippen LogP contribution in [0.2, 0.25) is 0 Å². The first-order valence-corrected chi connectivity index (χ1v) is 4.91. The zero-order chi connectivity index (χ0) is 8.06. The Hall–Kier alpha value is 0.250. The molecule has 3 atom stereocenters. The number of rotatable bonds is 0. The van der Waals surface area contributed by atoms with Crippen LogP contribution in [0.5, 0.6) is 0 Å². The molecule has 1 aliphatic carbocycles. The van der Waals surface area contributed by atoms with Crippen molar-refractivity contribution in [2.24, 2.45) is 5.41 Å². The van der Waals surface area contributed by atoms with Crippen LogP contribution in [-0.4, -0.2) is 29.9 Å². The molecule has 0 aromatic carbocycles. The van der Waals surface area contributed by atoms with E-state index in [0.717, 1.165) is 0 Å². The first-order valence-electron chi connectivity index (χ1n) is 4.48. The van der Waals surface area contributed by atoms with Crippen LogP contribution in [-0.2, 0) is 0 Å². The topological polar surface area (TPSA) is 3.24 Å². The van der Waals surface area contributed by atoms with Gasteiger partial charge in [-0.25, -0.2) is 0 Å². The van der Waals surface area contributed by atoms with E-state index >= 15 is 0 Å². The van der Waals surface area contributed by atoms with Crippen LogP contribution in [0, 0.1) is 5.41 Å². The van der Waals surface area contributed by atoms with Crippen LogP contribution >= 0.6 is 11.6 Å². The van der Waals surface area contributed by atoms with Gasteiger partial charge < -0.3 is 4.90 Å². The molecule has 1 heterocycles. The van der Waals surface area contributed by atoms with Gasteiger partial charge in [-0.15, -0.1) is 11.6 Å². The van der Waals surface area contributed by atoms with Crippen molar-refractivity contribution < 1.29 is 0 Å². The van der Waals surface area contributed by atoms with Crippen molar-refractivity contribution >= 4 is 11.6 Å². The average molecular weight is 174 g/mol. The minimum Gasteiger partial charge on any atom is -0.301 e. The van der Waals surface area contributed by atoms with Crippen LogP contribution in [0.15, 0.2) is 0 Å². The third-order valence-electron chi connectivity index (χ3n) is 3.43. The molecule has 2 heteroatoms. The van der Waals surface area contributed by atoms with Gasteiger partial charge in [-0.2, -0.15) is 0 Å². The van der Waals surface area contributed by atoms with Gasteiger partial charge in [-0.1, -0.05) is 13.3 Å². The van der Waals surface area contributed by atoms with E-state index < -0.39 is 0 Å². The second kappa shape index (κ2) is 2.37. The van der Waals surface area contributed by atoms with Crippen molar-refractivity contribution in [3.63, 3.8) is 0 Å².